The third kappa shape index (κ3) is 6.19. The molecular weight excluding hydrogens is 444 g/mol. The fourth-order valence-electron chi connectivity index (χ4n) is 4.41. The van der Waals surface area contributed by atoms with Gasteiger partial charge in [-0.25, -0.2) is 4.68 Å². The summed E-state index contributed by atoms with van der Waals surface area (Å²) >= 11 is 0. The minimum Gasteiger partial charge on any atom is -0.496 e. The van der Waals surface area contributed by atoms with Crippen molar-refractivity contribution in [3.63, 3.8) is 0 Å². The summed E-state index contributed by atoms with van der Waals surface area (Å²) in [5.41, 5.74) is 15.7. The molecule has 0 bridgehead atoms. The van der Waals surface area contributed by atoms with Gasteiger partial charge in [0.2, 0.25) is 0 Å². The third-order valence-corrected chi connectivity index (χ3v) is 6.28. The number of nitrogens with two attached hydrogens (primary N) is 2. The number of nitrogen functional groups attached to an aromatic ring is 1. The van der Waals surface area contributed by atoms with E-state index < -0.39 is 5.91 Å². The number of nitrogens with zero attached hydrogens (tertiary/aromatic N) is 2. The Morgan fingerprint density at radius 2 is 2.03 bits per heavy atom. The van der Waals surface area contributed by atoms with Crippen LogP contribution in [0.1, 0.15) is 34.3 Å². The Morgan fingerprint density at radius 1 is 1.23 bits per heavy atom. The van der Waals surface area contributed by atoms with Crippen molar-refractivity contribution in [2.75, 3.05) is 32.7 Å². The molecule has 1 atom stereocenters. The van der Waals surface area contributed by atoms with E-state index in [1.807, 2.05) is 48.5 Å². The maximum atomic E-state index is 12.2. The summed E-state index contributed by atoms with van der Waals surface area (Å²) in [5.74, 6) is 1.01. The van der Waals surface area contributed by atoms with Crippen LogP contribution in [-0.2, 0) is 24.4 Å². The summed E-state index contributed by atoms with van der Waals surface area (Å²) in [6, 6.07) is 15.7. The van der Waals surface area contributed by atoms with Gasteiger partial charge in [0.1, 0.15) is 22.8 Å². The number of benzene rings is 2. The fourth-order valence-corrected chi connectivity index (χ4v) is 4.41. The summed E-state index contributed by atoms with van der Waals surface area (Å²) in [6.07, 6.45) is 2.24. The number of ether oxygens (including phenoxy) is 2. The van der Waals surface area contributed by atoms with Crippen molar-refractivity contribution in [3.8, 4) is 17.0 Å². The number of hydrogen-bond acceptors (Lipinski definition) is 7. The maximum Gasteiger partial charge on any atom is 0.254 e. The number of rotatable bonds is 11. The summed E-state index contributed by atoms with van der Waals surface area (Å²) in [4.78, 5) is 12.2. The van der Waals surface area contributed by atoms with Gasteiger partial charge in [0.25, 0.3) is 5.91 Å². The SMILES string of the molecule is COc1ccccc1COCNCc1ccc(-c2nn(CC3CCCNC3)c(N)c2C(N)=O)cc1. The first-order valence-electron chi connectivity index (χ1n) is 11.9. The summed E-state index contributed by atoms with van der Waals surface area (Å²) in [5, 5.41) is 11.3. The second-order valence-corrected chi connectivity index (χ2v) is 8.80. The predicted octanol–water partition coefficient (Wildman–Crippen LogP) is 2.50. The molecule has 1 aliphatic heterocycles. The largest absolute Gasteiger partial charge is 0.496 e. The molecule has 6 N–H and O–H groups in total. The minimum absolute atomic E-state index is 0.282. The first-order valence-corrected chi connectivity index (χ1v) is 11.9. The molecule has 1 unspecified atom stereocenters. The van der Waals surface area contributed by atoms with Crippen molar-refractivity contribution in [2.24, 2.45) is 11.7 Å². The van der Waals surface area contributed by atoms with Crippen LogP contribution in [0.4, 0.5) is 5.82 Å². The van der Waals surface area contributed by atoms with Crippen LogP contribution in [0.5, 0.6) is 5.75 Å². The number of para-hydroxylation sites is 1. The average molecular weight is 479 g/mol. The lowest BCUT2D eigenvalue weighted by Gasteiger charge is -2.22. The van der Waals surface area contributed by atoms with Gasteiger partial charge in [-0.1, -0.05) is 42.5 Å². The lowest BCUT2D eigenvalue weighted by molar-refractivity contribution is 0.100. The van der Waals surface area contributed by atoms with Gasteiger partial charge < -0.3 is 26.3 Å². The van der Waals surface area contributed by atoms with Crippen LogP contribution in [0.2, 0.25) is 0 Å². The van der Waals surface area contributed by atoms with E-state index in [0.717, 1.165) is 48.4 Å². The fraction of sp³-hybridized carbons (Fsp3) is 0.385. The maximum absolute atomic E-state index is 12.2. The molecule has 2 heterocycles. The molecule has 0 spiro atoms. The van der Waals surface area contributed by atoms with Crippen molar-refractivity contribution >= 4 is 11.7 Å². The summed E-state index contributed by atoms with van der Waals surface area (Å²) < 4.78 is 12.8. The van der Waals surface area contributed by atoms with Crippen LogP contribution in [0, 0.1) is 5.92 Å². The normalized spacial score (nSPS) is 15.7. The molecule has 0 aliphatic carbocycles. The number of piperidine rings is 1. The average Bonchev–Trinajstić information content (AvgIpc) is 3.21. The van der Waals surface area contributed by atoms with Crippen LogP contribution in [0.25, 0.3) is 11.3 Å². The topological polar surface area (TPSA) is 129 Å². The van der Waals surface area contributed by atoms with E-state index in [9.17, 15) is 4.79 Å². The highest BCUT2D eigenvalue weighted by molar-refractivity contribution is 6.03. The highest BCUT2D eigenvalue weighted by Crippen LogP contribution is 2.28. The van der Waals surface area contributed by atoms with Crippen molar-refractivity contribution < 1.29 is 14.3 Å². The Bertz CT molecular complexity index is 1120. The molecule has 3 aromatic rings. The summed E-state index contributed by atoms with van der Waals surface area (Å²) in [6.45, 7) is 4.13. The van der Waals surface area contributed by atoms with E-state index in [0.29, 0.717) is 43.9 Å². The van der Waals surface area contributed by atoms with E-state index in [1.165, 1.54) is 0 Å². The van der Waals surface area contributed by atoms with Crippen LogP contribution < -0.4 is 26.8 Å². The van der Waals surface area contributed by atoms with Crippen LogP contribution in [0.15, 0.2) is 48.5 Å². The number of hydrogen-bond donors (Lipinski definition) is 4. The van der Waals surface area contributed by atoms with Gasteiger partial charge >= 0.3 is 0 Å². The van der Waals surface area contributed by atoms with Gasteiger partial charge in [0.05, 0.1) is 20.4 Å². The molecule has 0 saturated carbocycles. The van der Waals surface area contributed by atoms with E-state index in [2.05, 4.69) is 15.7 Å². The van der Waals surface area contributed by atoms with Crippen LogP contribution in [-0.4, -0.2) is 42.6 Å². The third-order valence-electron chi connectivity index (χ3n) is 6.28. The van der Waals surface area contributed by atoms with E-state index >= 15 is 0 Å². The molecule has 0 radical (unpaired) electrons. The zero-order valence-corrected chi connectivity index (χ0v) is 20.1. The number of carbonyl (C=O) groups is 1. The monoisotopic (exact) mass is 478 g/mol. The van der Waals surface area contributed by atoms with Gasteiger partial charge in [-0.2, -0.15) is 5.10 Å². The zero-order chi connectivity index (χ0) is 24.6. The Morgan fingerprint density at radius 3 is 2.74 bits per heavy atom. The van der Waals surface area contributed by atoms with Gasteiger partial charge in [-0.15, -0.1) is 0 Å². The standard InChI is InChI=1S/C26H34N6O3/c1-34-22-7-3-2-6-21(22)16-35-17-30-13-18-8-10-20(11-9-18)24-23(26(28)33)25(27)32(31-24)15-19-5-4-12-29-14-19/h2-3,6-11,19,29-30H,4-5,12-17,27H2,1H3,(H2,28,33). The highest BCUT2D eigenvalue weighted by Gasteiger charge is 2.23. The molecule has 1 aliphatic rings. The van der Waals surface area contributed by atoms with Crippen LogP contribution >= 0.6 is 0 Å². The lowest BCUT2D eigenvalue weighted by Crippen LogP contribution is -2.32. The molecule has 1 saturated heterocycles. The Hall–Kier alpha value is -3.40. The highest BCUT2D eigenvalue weighted by atomic mass is 16.5. The number of nitrogens with one attached hydrogen (secondary N) is 2. The van der Waals surface area contributed by atoms with Gasteiger partial charge in [0, 0.05) is 24.2 Å². The van der Waals surface area contributed by atoms with Gasteiger partial charge in [-0.3, -0.25) is 10.1 Å². The molecule has 9 heteroatoms. The minimum atomic E-state index is -0.566. The van der Waals surface area contributed by atoms with Crippen molar-refractivity contribution in [2.45, 2.75) is 32.5 Å². The Balaban J connectivity index is 1.35. The second kappa shape index (κ2) is 11.8. The number of amides is 1. The predicted molar refractivity (Wildman–Crippen MR) is 136 cm³/mol. The van der Waals surface area contributed by atoms with Gasteiger partial charge in [-0.05, 0) is 43.5 Å². The molecule has 35 heavy (non-hydrogen) atoms. The molecule has 4 rings (SSSR count). The molecule has 1 amide bonds. The molecule has 186 valence electrons. The molecule has 9 nitrogen and oxygen atoms in total. The first kappa shape index (κ1) is 24.7. The van der Waals surface area contributed by atoms with Crippen molar-refractivity contribution in [1.29, 1.82) is 0 Å². The van der Waals surface area contributed by atoms with Crippen molar-refractivity contribution in [1.82, 2.24) is 20.4 Å². The smallest absolute Gasteiger partial charge is 0.254 e. The Labute approximate surface area is 205 Å². The number of aromatic nitrogens is 2. The molecular formula is C26H34N6O3. The number of methoxy groups -OCH3 is 1. The van der Waals surface area contributed by atoms with E-state index in [4.69, 9.17) is 20.9 Å². The van der Waals surface area contributed by atoms with Gasteiger partial charge in [0.15, 0.2) is 0 Å². The first-order chi connectivity index (χ1) is 17.1. The molecule has 1 aromatic heterocycles. The summed E-state index contributed by atoms with van der Waals surface area (Å²) in [7, 11) is 1.65. The van der Waals surface area contributed by atoms with Crippen molar-refractivity contribution in [3.05, 3.63) is 65.2 Å². The zero-order valence-electron chi connectivity index (χ0n) is 20.1. The number of primary amides is 1. The Kier molecular flexibility index (Phi) is 8.36. The lowest BCUT2D eigenvalue weighted by atomic mass is 10.00. The number of carbonyl (C=O) groups excluding carboxylic acids is 1. The quantitative estimate of drug-likeness (QED) is 0.246. The van der Waals surface area contributed by atoms with Crippen LogP contribution in [0.3, 0.4) is 0 Å². The van der Waals surface area contributed by atoms with E-state index in [1.54, 1.807) is 11.8 Å². The van der Waals surface area contributed by atoms with E-state index in [-0.39, 0.29) is 5.56 Å². The number of anilines is 1. The molecule has 1 fully saturated rings. The molecule has 2 aromatic carbocycles. The second-order valence-electron chi connectivity index (χ2n) is 8.80.